The van der Waals surface area contributed by atoms with Crippen LogP contribution in [-0.4, -0.2) is 22.7 Å². The van der Waals surface area contributed by atoms with E-state index in [9.17, 15) is 9.59 Å². The van der Waals surface area contributed by atoms with E-state index in [4.69, 9.17) is 0 Å². The van der Waals surface area contributed by atoms with Crippen molar-refractivity contribution in [2.75, 3.05) is 10.6 Å². The molecule has 0 saturated carbocycles. The highest BCUT2D eigenvalue weighted by molar-refractivity contribution is 6.04. The van der Waals surface area contributed by atoms with Crippen LogP contribution in [0, 0.1) is 0 Å². The van der Waals surface area contributed by atoms with Crippen LogP contribution in [0.1, 0.15) is 48.0 Å². The highest BCUT2D eigenvalue weighted by atomic mass is 16.2. The number of amides is 1. The van der Waals surface area contributed by atoms with Crippen LogP contribution in [0.25, 0.3) is 0 Å². The second kappa shape index (κ2) is 7.54. The number of anilines is 2. The van der Waals surface area contributed by atoms with Gasteiger partial charge in [0.15, 0.2) is 5.78 Å². The SMILES string of the molecule is CCC(C)Nc1ccc(C(=O)Nc2cccc(C(C)=O)c2)nc1. The fourth-order valence-corrected chi connectivity index (χ4v) is 2.01. The van der Waals surface area contributed by atoms with E-state index in [0.717, 1.165) is 12.1 Å². The van der Waals surface area contributed by atoms with E-state index < -0.39 is 0 Å². The van der Waals surface area contributed by atoms with Gasteiger partial charge in [0, 0.05) is 17.3 Å². The van der Waals surface area contributed by atoms with Crippen molar-refractivity contribution in [2.24, 2.45) is 0 Å². The number of rotatable bonds is 6. The molecule has 1 atom stereocenters. The Hall–Kier alpha value is -2.69. The minimum Gasteiger partial charge on any atom is -0.381 e. The van der Waals surface area contributed by atoms with Crippen LogP contribution in [0.2, 0.25) is 0 Å². The molecule has 2 aromatic rings. The van der Waals surface area contributed by atoms with Crippen LogP contribution < -0.4 is 10.6 Å². The fraction of sp³-hybridized carbons (Fsp3) is 0.278. The van der Waals surface area contributed by atoms with Crippen molar-refractivity contribution in [3.05, 3.63) is 53.9 Å². The van der Waals surface area contributed by atoms with Crippen molar-refractivity contribution >= 4 is 23.1 Å². The minimum absolute atomic E-state index is 0.0419. The van der Waals surface area contributed by atoms with Crippen LogP contribution in [0.4, 0.5) is 11.4 Å². The molecule has 1 aromatic carbocycles. The molecular weight excluding hydrogens is 290 g/mol. The maximum absolute atomic E-state index is 12.2. The Morgan fingerprint density at radius 1 is 1.17 bits per heavy atom. The molecule has 2 N–H and O–H groups in total. The number of nitrogens with zero attached hydrogens (tertiary/aromatic N) is 1. The topological polar surface area (TPSA) is 71.1 Å². The second-order valence-electron chi connectivity index (χ2n) is 5.48. The predicted molar refractivity (Wildman–Crippen MR) is 92.0 cm³/mol. The van der Waals surface area contributed by atoms with Gasteiger partial charge in [-0.2, -0.15) is 0 Å². The van der Waals surface area contributed by atoms with Gasteiger partial charge >= 0.3 is 0 Å². The van der Waals surface area contributed by atoms with Gasteiger partial charge in [-0.15, -0.1) is 0 Å². The lowest BCUT2D eigenvalue weighted by molar-refractivity contribution is 0.100. The third-order valence-electron chi connectivity index (χ3n) is 3.55. The number of hydrogen-bond acceptors (Lipinski definition) is 4. The van der Waals surface area contributed by atoms with Crippen LogP contribution in [-0.2, 0) is 0 Å². The van der Waals surface area contributed by atoms with Gasteiger partial charge in [0.05, 0.1) is 11.9 Å². The third-order valence-corrected chi connectivity index (χ3v) is 3.55. The number of pyridine rings is 1. The summed E-state index contributed by atoms with van der Waals surface area (Å²) >= 11 is 0. The Balaban J connectivity index is 2.06. The summed E-state index contributed by atoms with van der Waals surface area (Å²) in [4.78, 5) is 27.8. The lowest BCUT2D eigenvalue weighted by atomic mass is 10.1. The zero-order valence-electron chi connectivity index (χ0n) is 13.6. The molecular formula is C18H21N3O2. The van der Waals surface area contributed by atoms with E-state index in [0.29, 0.717) is 23.0 Å². The molecule has 0 aliphatic carbocycles. The van der Waals surface area contributed by atoms with Gasteiger partial charge in [0.2, 0.25) is 0 Å². The molecule has 0 saturated heterocycles. The van der Waals surface area contributed by atoms with E-state index in [1.165, 1.54) is 6.92 Å². The zero-order chi connectivity index (χ0) is 16.8. The summed E-state index contributed by atoms with van der Waals surface area (Å²) in [6.45, 7) is 5.68. The quantitative estimate of drug-likeness (QED) is 0.797. The van der Waals surface area contributed by atoms with Crippen LogP contribution >= 0.6 is 0 Å². The summed E-state index contributed by atoms with van der Waals surface area (Å²) in [6, 6.07) is 10.7. The standard InChI is InChI=1S/C18H21N3O2/c1-4-12(2)20-16-8-9-17(19-11-16)18(23)21-15-7-5-6-14(10-15)13(3)22/h5-12,20H,4H2,1-3H3,(H,21,23). The largest absolute Gasteiger partial charge is 0.381 e. The van der Waals surface area contributed by atoms with E-state index in [-0.39, 0.29) is 11.7 Å². The first kappa shape index (κ1) is 16.7. The summed E-state index contributed by atoms with van der Waals surface area (Å²) in [5, 5.41) is 6.05. The van der Waals surface area contributed by atoms with Gasteiger partial charge in [-0.1, -0.05) is 19.1 Å². The molecule has 1 aromatic heterocycles. The third kappa shape index (κ3) is 4.64. The van der Waals surface area contributed by atoms with Gasteiger partial charge in [-0.25, -0.2) is 4.98 Å². The summed E-state index contributed by atoms with van der Waals surface area (Å²) in [5.41, 5.74) is 2.34. The maximum Gasteiger partial charge on any atom is 0.274 e. The lowest BCUT2D eigenvalue weighted by Gasteiger charge is -2.12. The Bertz CT molecular complexity index is 696. The molecule has 1 amide bonds. The predicted octanol–water partition coefficient (Wildman–Crippen LogP) is 3.75. The molecule has 5 heteroatoms. The van der Waals surface area contributed by atoms with Crippen molar-refractivity contribution in [1.29, 1.82) is 0 Å². The number of aromatic nitrogens is 1. The molecule has 0 aliphatic rings. The van der Waals surface area contributed by atoms with Gasteiger partial charge in [-0.05, 0) is 44.5 Å². The average Bonchev–Trinajstić information content (AvgIpc) is 2.55. The van der Waals surface area contributed by atoms with E-state index >= 15 is 0 Å². The van der Waals surface area contributed by atoms with Crippen LogP contribution in [0.15, 0.2) is 42.6 Å². The van der Waals surface area contributed by atoms with E-state index in [1.807, 2.05) is 6.07 Å². The number of ketones is 1. The van der Waals surface area contributed by atoms with Gasteiger partial charge in [-0.3, -0.25) is 9.59 Å². The molecule has 0 fully saturated rings. The Kier molecular flexibility index (Phi) is 5.46. The summed E-state index contributed by atoms with van der Waals surface area (Å²) < 4.78 is 0. The fourth-order valence-electron chi connectivity index (χ4n) is 2.01. The number of nitrogens with one attached hydrogen (secondary N) is 2. The first-order chi connectivity index (χ1) is 11.0. The van der Waals surface area contributed by atoms with Crippen molar-refractivity contribution in [3.63, 3.8) is 0 Å². The Morgan fingerprint density at radius 3 is 2.57 bits per heavy atom. The second-order valence-corrected chi connectivity index (χ2v) is 5.48. The summed E-state index contributed by atoms with van der Waals surface area (Å²) in [6.07, 6.45) is 2.65. The number of benzene rings is 1. The maximum atomic E-state index is 12.2. The molecule has 5 nitrogen and oxygen atoms in total. The number of hydrogen-bond donors (Lipinski definition) is 2. The molecule has 1 unspecified atom stereocenters. The average molecular weight is 311 g/mol. The van der Waals surface area contributed by atoms with E-state index in [1.54, 1.807) is 36.5 Å². The normalized spacial score (nSPS) is 11.6. The van der Waals surface area contributed by atoms with Crippen LogP contribution in [0.5, 0.6) is 0 Å². The summed E-state index contributed by atoms with van der Waals surface area (Å²) in [5.74, 6) is -0.347. The summed E-state index contributed by atoms with van der Waals surface area (Å²) in [7, 11) is 0. The zero-order valence-corrected chi connectivity index (χ0v) is 13.6. The molecule has 2 rings (SSSR count). The molecule has 0 radical (unpaired) electrons. The highest BCUT2D eigenvalue weighted by Crippen LogP contribution is 2.14. The molecule has 0 aliphatic heterocycles. The van der Waals surface area contributed by atoms with Crippen molar-refractivity contribution in [1.82, 2.24) is 4.98 Å². The molecule has 1 heterocycles. The molecule has 23 heavy (non-hydrogen) atoms. The van der Waals surface area contributed by atoms with E-state index in [2.05, 4.69) is 29.5 Å². The highest BCUT2D eigenvalue weighted by Gasteiger charge is 2.09. The monoisotopic (exact) mass is 311 g/mol. The Morgan fingerprint density at radius 2 is 1.96 bits per heavy atom. The molecule has 120 valence electrons. The first-order valence-electron chi connectivity index (χ1n) is 7.64. The van der Waals surface area contributed by atoms with Crippen LogP contribution in [0.3, 0.4) is 0 Å². The lowest BCUT2D eigenvalue weighted by Crippen LogP contribution is -2.16. The smallest absolute Gasteiger partial charge is 0.274 e. The van der Waals surface area contributed by atoms with Gasteiger partial charge < -0.3 is 10.6 Å². The van der Waals surface area contributed by atoms with Gasteiger partial charge in [0.1, 0.15) is 5.69 Å². The van der Waals surface area contributed by atoms with Crippen molar-refractivity contribution in [2.45, 2.75) is 33.2 Å². The van der Waals surface area contributed by atoms with Gasteiger partial charge in [0.25, 0.3) is 5.91 Å². The number of Topliss-reactive ketones (excluding diaryl/α,β-unsaturated/α-hetero) is 1. The first-order valence-corrected chi connectivity index (χ1v) is 7.64. The molecule has 0 bridgehead atoms. The van der Waals surface area contributed by atoms with Crippen molar-refractivity contribution in [3.8, 4) is 0 Å². The Labute approximate surface area is 136 Å². The molecule has 0 spiro atoms. The minimum atomic E-state index is -0.305. The number of carbonyl (C=O) groups excluding carboxylic acids is 2. The van der Waals surface area contributed by atoms with Crippen molar-refractivity contribution < 1.29 is 9.59 Å². The number of carbonyl (C=O) groups is 2.